The summed E-state index contributed by atoms with van der Waals surface area (Å²) in [5, 5.41) is 0. The van der Waals surface area contributed by atoms with Gasteiger partial charge in [0.25, 0.3) is 0 Å². The largest absolute Gasteiger partial charge is 0.498 e. The minimum Gasteiger partial charge on any atom is -0.498 e. The minimum atomic E-state index is -3.20. The quantitative estimate of drug-likeness (QED) is 0.153. The molecule has 0 amide bonds. The van der Waals surface area contributed by atoms with Gasteiger partial charge in [0.05, 0.1) is 18.4 Å². The molecule has 0 spiro atoms. The number of hydrogen-bond donors (Lipinski definition) is 0. The summed E-state index contributed by atoms with van der Waals surface area (Å²) in [6.45, 7) is 2.65. The molecule has 15 heavy (non-hydrogen) atoms. The molecular formula is C9H12F2O4. The Morgan fingerprint density at radius 1 is 1.40 bits per heavy atom. The first kappa shape index (κ1) is 13.7. The smallest absolute Gasteiger partial charge is 0.300 e. The molecule has 4 nitrogen and oxygen atoms in total. The Morgan fingerprint density at radius 3 is 2.53 bits per heavy atom. The summed E-state index contributed by atoms with van der Waals surface area (Å²) >= 11 is 0. The van der Waals surface area contributed by atoms with E-state index < -0.39 is 17.8 Å². The van der Waals surface area contributed by atoms with Crippen molar-refractivity contribution in [2.75, 3.05) is 19.8 Å². The fourth-order valence-corrected chi connectivity index (χ4v) is 0.670. The summed E-state index contributed by atoms with van der Waals surface area (Å²) in [4.78, 5) is 20.9. The molecule has 0 rings (SSSR count). The number of halogens is 2. The summed E-state index contributed by atoms with van der Waals surface area (Å²) < 4.78 is 33.3. The average Bonchev–Trinajstić information content (AvgIpc) is 2.22. The summed E-state index contributed by atoms with van der Waals surface area (Å²) in [7, 11) is 0. The van der Waals surface area contributed by atoms with E-state index in [1.165, 1.54) is 0 Å². The Bertz CT molecular complexity index is 238. The molecule has 0 heterocycles. The number of alkyl halides is 2. The van der Waals surface area contributed by atoms with Gasteiger partial charge in [0.15, 0.2) is 6.29 Å². The second kappa shape index (κ2) is 8.05. The molecule has 0 saturated heterocycles. The lowest BCUT2D eigenvalue weighted by Gasteiger charge is -2.02. The number of allylic oxidation sites excluding steroid dienone is 1. The molecule has 0 aromatic heterocycles. The highest BCUT2D eigenvalue weighted by molar-refractivity contribution is 6.12. The van der Waals surface area contributed by atoms with Crippen molar-refractivity contribution >= 4 is 12.1 Å². The van der Waals surface area contributed by atoms with E-state index in [1.54, 1.807) is 6.92 Å². The zero-order valence-corrected chi connectivity index (χ0v) is 8.24. The van der Waals surface area contributed by atoms with E-state index in [0.29, 0.717) is 6.61 Å². The third-order valence-electron chi connectivity index (χ3n) is 1.37. The fraction of sp³-hybridized carbons (Fsp3) is 0.556. The molecule has 0 aliphatic carbocycles. The molecule has 6 heteroatoms. The SMILES string of the molecule is CCOCCOC=C(C=O)C(=O)C(F)F. The maximum absolute atomic E-state index is 11.9. The van der Waals surface area contributed by atoms with Gasteiger partial charge < -0.3 is 9.47 Å². The number of ether oxygens (including phenoxy) is 2. The Kier molecular flexibility index (Phi) is 7.35. The van der Waals surface area contributed by atoms with Crippen molar-refractivity contribution in [1.82, 2.24) is 0 Å². The molecule has 86 valence electrons. The summed E-state index contributed by atoms with van der Waals surface area (Å²) in [6.07, 6.45) is -2.44. The van der Waals surface area contributed by atoms with E-state index in [1.807, 2.05) is 0 Å². The normalized spacial score (nSPS) is 11.6. The molecule has 0 aromatic rings. The molecule has 0 unspecified atom stereocenters. The van der Waals surface area contributed by atoms with E-state index in [9.17, 15) is 18.4 Å². The topological polar surface area (TPSA) is 52.6 Å². The van der Waals surface area contributed by atoms with Gasteiger partial charge in [-0.1, -0.05) is 0 Å². The number of carbonyl (C=O) groups excluding carboxylic acids is 2. The van der Waals surface area contributed by atoms with Crippen LogP contribution < -0.4 is 0 Å². The maximum atomic E-state index is 11.9. The van der Waals surface area contributed by atoms with Gasteiger partial charge >= 0.3 is 6.43 Å². The first-order valence-electron chi connectivity index (χ1n) is 4.30. The number of Topliss-reactive ketones (excluding diaryl/α,β-unsaturated/α-hetero) is 1. The van der Waals surface area contributed by atoms with Crippen molar-refractivity contribution in [3.8, 4) is 0 Å². The number of carbonyl (C=O) groups is 2. The van der Waals surface area contributed by atoms with Gasteiger partial charge in [-0.25, -0.2) is 8.78 Å². The van der Waals surface area contributed by atoms with Crippen molar-refractivity contribution in [1.29, 1.82) is 0 Å². The van der Waals surface area contributed by atoms with Crippen molar-refractivity contribution in [2.45, 2.75) is 13.3 Å². The summed E-state index contributed by atoms with van der Waals surface area (Å²) in [5.41, 5.74) is -0.679. The van der Waals surface area contributed by atoms with Crippen LogP contribution in [0.3, 0.4) is 0 Å². The van der Waals surface area contributed by atoms with E-state index in [4.69, 9.17) is 4.74 Å². The number of rotatable bonds is 8. The van der Waals surface area contributed by atoms with E-state index in [2.05, 4.69) is 4.74 Å². The van der Waals surface area contributed by atoms with Gasteiger partial charge in [0, 0.05) is 6.61 Å². The van der Waals surface area contributed by atoms with Crippen LogP contribution in [0.4, 0.5) is 8.78 Å². The molecule has 0 fully saturated rings. The second-order valence-corrected chi connectivity index (χ2v) is 2.42. The molecular weight excluding hydrogens is 210 g/mol. The lowest BCUT2D eigenvalue weighted by atomic mass is 10.2. The molecule has 0 aliphatic rings. The average molecular weight is 222 g/mol. The van der Waals surface area contributed by atoms with Gasteiger partial charge in [-0.05, 0) is 6.92 Å². The zero-order chi connectivity index (χ0) is 11.7. The van der Waals surface area contributed by atoms with Crippen LogP contribution in [-0.4, -0.2) is 38.3 Å². The molecule has 0 bridgehead atoms. The van der Waals surface area contributed by atoms with Crippen LogP contribution >= 0.6 is 0 Å². The standard InChI is InChI=1S/C9H12F2O4/c1-2-14-3-4-15-6-7(5-12)8(13)9(10)11/h5-6,9H,2-4H2,1H3. The van der Waals surface area contributed by atoms with Crippen LogP contribution in [0.2, 0.25) is 0 Å². The number of aldehydes is 1. The fourth-order valence-electron chi connectivity index (χ4n) is 0.670. The van der Waals surface area contributed by atoms with Crippen LogP contribution in [0.1, 0.15) is 6.92 Å². The molecule has 0 radical (unpaired) electrons. The van der Waals surface area contributed by atoms with E-state index >= 15 is 0 Å². The first-order chi connectivity index (χ1) is 7.13. The van der Waals surface area contributed by atoms with Gasteiger partial charge in [0.2, 0.25) is 5.78 Å². The van der Waals surface area contributed by atoms with Crippen LogP contribution in [-0.2, 0) is 19.1 Å². The molecule has 0 aromatic carbocycles. The maximum Gasteiger partial charge on any atom is 0.300 e. The van der Waals surface area contributed by atoms with Crippen LogP contribution in [0.25, 0.3) is 0 Å². The lowest BCUT2D eigenvalue weighted by molar-refractivity contribution is -0.127. The highest BCUT2D eigenvalue weighted by atomic mass is 19.3. The number of ketones is 1. The lowest BCUT2D eigenvalue weighted by Crippen LogP contribution is -2.14. The first-order valence-corrected chi connectivity index (χ1v) is 4.30. The second-order valence-electron chi connectivity index (χ2n) is 2.42. The predicted octanol–water partition coefficient (Wildman–Crippen LogP) is 0.956. The van der Waals surface area contributed by atoms with Crippen LogP contribution in [0.5, 0.6) is 0 Å². The van der Waals surface area contributed by atoms with E-state index in [-0.39, 0.29) is 19.5 Å². The van der Waals surface area contributed by atoms with Gasteiger partial charge in [0.1, 0.15) is 6.61 Å². The van der Waals surface area contributed by atoms with Gasteiger partial charge in [-0.3, -0.25) is 9.59 Å². The van der Waals surface area contributed by atoms with Crippen molar-refractivity contribution in [3.05, 3.63) is 11.8 Å². The highest BCUT2D eigenvalue weighted by Gasteiger charge is 2.20. The Morgan fingerprint density at radius 2 is 2.07 bits per heavy atom. The molecule has 0 saturated carbocycles. The van der Waals surface area contributed by atoms with Crippen LogP contribution in [0.15, 0.2) is 11.8 Å². The van der Waals surface area contributed by atoms with Crippen molar-refractivity contribution in [2.24, 2.45) is 0 Å². The van der Waals surface area contributed by atoms with Crippen molar-refractivity contribution in [3.63, 3.8) is 0 Å². The molecule has 0 atom stereocenters. The Hall–Kier alpha value is -1.30. The molecule has 0 N–H and O–H groups in total. The van der Waals surface area contributed by atoms with Crippen molar-refractivity contribution < 1.29 is 27.8 Å². The Balaban J connectivity index is 4.00. The Labute approximate surface area is 85.9 Å². The molecule has 0 aliphatic heterocycles. The monoisotopic (exact) mass is 222 g/mol. The highest BCUT2D eigenvalue weighted by Crippen LogP contribution is 2.03. The third-order valence-corrected chi connectivity index (χ3v) is 1.37. The van der Waals surface area contributed by atoms with Gasteiger partial charge in [-0.15, -0.1) is 0 Å². The van der Waals surface area contributed by atoms with E-state index in [0.717, 1.165) is 6.26 Å². The zero-order valence-electron chi connectivity index (χ0n) is 8.24. The van der Waals surface area contributed by atoms with Crippen LogP contribution in [0, 0.1) is 0 Å². The number of hydrogen-bond acceptors (Lipinski definition) is 4. The van der Waals surface area contributed by atoms with Gasteiger partial charge in [-0.2, -0.15) is 0 Å². The minimum absolute atomic E-state index is 0.0369. The summed E-state index contributed by atoms with van der Waals surface area (Å²) in [5.74, 6) is -1.54. The third kappa shape index (κ3) is 5.90. The summed E-state index contributed by atoms with van der Waals surface area (Å²) in [6, 6.07) is 0. The predicted molar refractivity (Wildman–Crippen MR) is 47.6 cm³/mol.